The predicted molar refractivity (Wildman–Crippen MR) is 90.4 cm³/mol. The van der Waals surface area contributed by atoms with Gasteiger partial charge in [0.25, 0.3) is 5.91 Å². The van der Waals surface area contributed by atoms with Crippen molar-refractivity contribution in [3.8, 4) is 0 Å². The Hall–Kier alpha value is -2.60. The summed E-state index contributed by atoms with van der Waals surface area (Å²) in [4.78, 5) is 24.3. The maximum Gasteiger partial charge on any atom is 0.338 e. The van der Waals surface area contributed by atoms with E-state index in [4.69, 9.17) is 22.1 Å². The lowest BCUT2D eigenvalue weighted by atomic mass is 10.2. The molecule has 1 atom stereocenters. The molecule has 0 aliphatic carbocycles. The van der Waals surface area contributed by atoms with E-state index in [9.17, 15) is 14.0 Å². The minimum absolute atomic E-state index is 0.113. The van der Waals surface area contributed by atoms with Gasteiger partial charge in [-0.3, -0.25) is 4.79 Å². The second kappa shape index (κ2) is 7.79. The lowest BCUT2D eigenvalue weighted by molar-refractivity contribution is -0.124. The second-order valence-corrected chi connectivity index (χ2v) is 5.45. The van der Waals surface area contributed by atoms with Gasteiger partial charge < -0.3 is 15.8 Å². The maximum absolute atomic E-state index is 13.1. The molecule has 3 N–H and O–H groups in total. The molecule has 2 aromatic carbocycles. The fourth-order valence-electron chi connectivity index (χ4n) is 1.98. The average molecular weight is 351 g/mol. The van der Waals surface area contributed by atoms with Gasteiger partial charge in [-0.15, -0.1) is 0 Å². The third kappa shape index (κ3) is 4.45. The number of rotatable bonds is 5. The van der Waals surface area contributed by atoms with E-state index < -0.39 is 23.8 Å². The highest BCUT2D eigenvalue weighted by Crippen LogP contribution is 2.20. The summed E-state index contributed by atoms with van der Waals surface area (Å²) >= 11 is 5.67. The molecule has 2 rings (SSSR count). The summed E-state index contributed by atoms with van der Waals surface area (Å²) in [6, 6.07) is 10.0. The zero-order valence-corrected chi connectivity index (χ0v) is 13.6. The third-order valence-electron chi connectivity index (χ3n) is 3.22. The van der Waals surface area contributed by atoms with Gasteiger partial charge in [-0.05, 0) is 42.8 Å². The normalized spacial score (nSPS) is 11.6. The number of nitrogens with one attached hydrogen (secondary N) is 1. The molecule has 0 aliphatic heterocycles. The van der Waals surface area contributed by atoms with Gasteiger partial charge in [-0.1, -0.05) is 24.6 Å². The monoisotopic (exact) mass is 350 g/mol. The van der Waals surface area contributed by atoms with Crippen molar-refractivity contribution in [1.82, 2.24) is 0 Å². The lowest BCUT2D eigenvalue weighted by Crippen LogP contribution is -2.32. The maximum atomic E-state index is 13.1. The van der Waals surface area contributed by atoms with E-state index in [1.165, 1.54) is 18.2 Å². The molecule has 1 amide bonds. The van der Waals surface area contributed by atoms with Gasteiger partial charge in [0.1, 0.15) is 5.82 Å². The molecular weight excluding hydrogens is 335 g/mol. The van der Waals surface area contributed by atoms with E-state index in [0.717, 1.165) is 6.07 Å². The molecule has 2 aromatic rings. The summed E-state index contributed by atoms with van der Waals surface area (Å²) in [6.07, 6.45) is -0.725. The molecule has 126 valence electrons. The Morgan fingerprint density at radius 3 is 2.67 bits per heavy atom. The van der Waals surface area contributed by atoms with E-state index in [1.807, 2.05) is 0 Å². The number of halogens is 2. The number of carbonyl (C=O) groups excluding carboxylic acids is 2. The molecule has 1 unspecified atom stereocenters. The number of esters is 1. The van der Waals surface area contributed by atoms with E-state index in [1.54, 1.807) is 25.1 Å². The summed E-state index contributed by atoms with van der Waals surface area (Å²) in [5.41, 5.74) is 6.60. The van der Waals surface area contributed by atoms with Crippen LogP contribution in [0.5, 0.6) is 0 Å². The fourth-order valence-corrected chi connectivity index (χ4v) is 2.16. The number of hydrogen-bond donors (Lipinski definition) is 2. The number of amides is 1. The summed E-state index contributed by atoms with van der Waals surface area (Å²) < 4.78 is 18.3. The molecule has 0 spiro atoms. The van der Waals surface area contributed by atoms with Crippen LogP contribution in [0.3, 0.4) is 0 Å². The minimum Gasteiger partial charge on any atom is -0.449 e. The van der Waals surface area contributed by atoms with Crippen LogP contribution in [0.4, 0.5) is 15.8 Å². The van der Waals surface area contributed by atoms with Gasteiger partial charge in [0.2, 0.25) is 0 Å². The number of nitrogens with two attached hydrogens (primary N) is 1. The van der Waals surface area contributed by atoms with Crippen LogP contribution >= 0.6 is 11.6 Å². The highest BCUT2D eigenvalue weighted by Gasteiger charge is 2.22. The topological polar surface area (TPSA) is 81.4 Å². The molecule has 0 bridgehead atoms. The molecular formula is C17H16ClFN2O3. The second-order valence-electron chi connectivity index (χ2n) is 5.05. The number of ether oxygens (including phenoxy) is 1. The van der Waals surface area contributed by atoms with E-state index in [0.29, 0.717) is 11.4 Å². The first-order chi connectivity index (χ1) is 11.4. The van der Waals surface area contributed by atoms with Crippen LogP contribution in [-0.4, -0.2) is 18.0 Å². The van der Waals surface area contributed by atoms with Crippen LogP contribution < -0.4 is 11.1 Å². The van der Waals surface area contributed by atoms with Crippen LogP contribution in [0.2, 0.25) is 5.02 Å². The van der Waals surface area contributed by atoms with E-state index in [-0.39, 0.29) is 17.0 Å². The average Bonchev–Trinajstić information content (AvgIpc) is 2.55. The first kappa shape index (κ1) is 17.7. The summed E-state index contributed by atoms with van der Waals surface area (Å²) in [6.45, 7) is 1.70. The van der Waals surface area contributed by atoms with Crippen molar-refractivity contribution in [2.24, 2.45) is 0 Å². The van der Waals surface area contributed by atoms with Crippen LogP contribution in [0, 0.1) is 5.82 Å². The van der Waals surface area contributed by atoms with Crippen LogP contribution in [0.15, 0.2) is 42.5 Å². The van der Waals surface area contributed by atoms with E-state index in [2.05, 4.69) is 5.32 Å². The summed E-state index contributed by atoms with van der Waals surface area (Å²) in [5.74, 6) is -1.77. The molecule has 0 aliphatic rings. The molecule has 0 aromatic heterocycles. The zero-order valence-electron chi connectivity index (χ0n) is 12.9. The Balaban J connectivity index is 2.05. The molecule has 24 heavy (non-hydrogen) atoms. The fraction of sp³-hybridized carbons (Fsp3) is 0.176. The van der Waals surface area contributed by atoms with Gasteiger partial charge in [-0.25, -0.2) is 9.18 Å². The van der Waals surface area contributed by atoms with Crippen molar-refractivity contribution in [3.05, 3.63) is 58.9 Å². The molecule has 0 saturated heterocycles. The highest BCUT2D eigenvalue weighted by molar-refractivity contribution is 6.31. The van der Waals surface area contributed by atoms with Crippen molar-refractivity contribution in [2.75, 3.05) is 11.1 Å². The first-order valence-electron chi connectivity index (χ1n) is 7.23. The Morgan fingerprint density at radius 2 is 2.04 bits per heavy atom. The van der Waals surface area contributed by atoms with Gasteiger partial charge in [0, 0.05) is 11.4 Å². The summed E-state index contributed by atoms with van der Waals surface area (Å²) in [7, 11) is 0. The molecule has 0 heterocycles. The van der Waals surface area contributed by atoms with Gasteiger partial charge in [0.05, 0.1) is 10.6 Å². The molecule has 0 saturated carbocycles. The highest BCUT2D eigenvalue weighted by atomic mass is 35.5. The number of anilines is 2. The van der Waals surface area contributed by atoms with Crippen LogP contribution in [0.1, 0.15) is 23.7 Å². The number of hydrogen-bond acceptors (Lipinski definition) is 4. The minimum atomic E-state index is -0.997. The Bertz CT molecular complexity index is 767. The van der Waals surface area contributed by atoms with Crippen molar-refractivity contribution in [1.29, 1.82) is 0 Å². The van der Waals surface area contributed by atoms with E-state index >= 15 is 0 Å². The third-order valence-corrected chi connectivity index (χ3v) is 3.51. The first-order valence-corrected chi connectivity index (χ1v) is 7.61. The number of nitrogen functional groups attached to an aromatic ring is 1. The molecule has 0 fully saturated rings. The smallest absolute Gasteiger partial charge is 0.338 e. The Morgan fingerprint density at radius 1 is 1.29 bits per heavy atom. The van der Waals surface area contributed by atoms with Gasteiger partial charge >= 0.3 is 5.97 Å². The molecule has 7 heteroatoms. The van der Waals surface area contributed by atoms with Crippen molar-refractivity contribution >= 4 is 34.9 Å². The van der Waals surface area contributed by atoms with Crippen molar-refractivity contribution < 1.29 is 18.7 Å². The number of carbonyl (C=O) groups is 2. The van der Waals surface area contributed by atoms with Gasteiger partial charge in [0.15, 0.2) is 6.10 Å². The lowest BCUT2D eigenvalue weighted by Gasteiger charge is -2.16. The Kier molecular flexibility index (Phi) is 5.76. The van der Waals surface area contributed by atoms with Gasteiger partial charge in [-0.2, -0.15) is 0 Å². The zero-order chi connectivity index (χ0) is 17.7. The predicted octanol–water partition coefficient (Wildman–Crippen LogP) is 3.64. The van der Waals surface area contributed by atoms with Crippen molar-refractivity contribution in [3.63, 3.8) is 0 Å². The molecule has 0 radical (unpaired) electrons. The SMILES string of the molecule is CCC(OC(=O)c1cccc(N)c1)C(=O)Nc1ccc(F)c(Cl)c1. The van der Waals surface area contributed by atoms with Crippen molar-refractivity contribution in [2.45, 2.75) is 19.4 Å². The standard InChI is InChI=1S/C17H16ClFN2O3/c1-2-15(24-17(23)10-4-3-5-11(20)8-10)16(22)21-12-6-7-14(19)13(18)9-12/h3-9,15H,2,20H2,1H3,(H,21,22). The Labute approximate surface area is 143 Å². The number of benzene rings is 2. The largest absolute Gasteiger partial charge is 0.449 e. The van der Waals surface area contributed by atoms with Crippen LogP contribution in [0.25, 0.3) is 0 Å². The van der Waals surface area contributed by atoms with Crippen LogP contribution in [-0.2, 0) is 9.53 Å². The molecule has 5 nitrogen and oxygen atoms in total. The quantitative estimate of drug-likeness (QED) is 0.637. The summed E-state index contributed by atoms with van der Waals surface area (Å²) in [5, 5.41) is 2.42.